The van der Waals surface area contributed by atoms with Gasteiger partial charge in [-0.2, -0.15) is 0 Å². The molecule has 1 rings (SSSR count). The van der Waals surface area contributed by atoms with Crippen LogP contribution in [0.1, 0.15) is 12.5 Å². The molecule has 112 valence electrons. The van der Waals surface area contributed by atoms with Gasteiger partial charge in [0.05, 0.1) is 13.7 Å². The van der Waals surface area contributed by atoms with Gasteiger partial charge in [0.2, 0.25) is 0 Å². The van der Waals surface area contributed by atoms with Crippen LogP contribution < -0.4 is 5.73 Å². The van der Waals surface area contributed by atoms with Crippen LogP contribution in [0, 0.1) is 0 Å². The Morgan fingerprint density at radius 3 is 2.45 bits per heavy atom. The summed E-state index contributed by atoms with van der Waals surface area (Å²) >= 11 is 0. The van der Waals surface area contributed by atoms with Crippen molar-refractivity contribution in [1.82, 2.24) is 4.90 Å². The van der Waals surface area contributed by atoms with Gasteiger partial charge in [-0.15, -0.1) is 0 Å². The summed E-state index contributed by atoms with van der Waals surface area (Å²) in [5, 5.41) is 0. The molecule has 0 fully saturated rings. The molecule has 0 aliphatic rings. The Labute approximate surface area is 120 Å². The Balaban J connectivity index is 2.97. The molecule has 0 radical (unpaired) electrons. The van der Waals surface area contributed by atoms with Crippen molar-refractivity contribution in [2.24, 2.45) is 5.73 Å². The Bertz CT molecular complexity index is 411. The van der Waals surface area contributed by atoms with Crippen LogP contribution >= 0.6 is 0 Å². The summed E-state index contributed by atoms with van der Waals surface area (Å²) < 4.78 is 9.98. The van der Waals surface area contributed by atoms with E-state index in [0.717, 1.165) is 18.7 Å². The lowest BCUT2D eigenvalue weighted by atomic mass is 9.90. The lowest BCUT2D eigenvalue weighted by Crippen LogP contribution is -2.54. The Hall–Kier alpha value is -1.43. The predicted octanol–water partition coefficient (Wildman–Crippen LogP) is 0.982. The minimum atomic E-state index is -1.17. The van der Waals surface area contributed by atoms with Crippen LogP contribution in [0.25, 0.3) is 0 Å². The number of rotatable bonds is 8. The lowest BCUT2D eigenvalue weighted by molar-refractivity contribution is -0.148. The first-order valence-corrected chi connectivity index (χ1v) is 6.72. The third-order valence-corrected chi connectivity index (χ3v) is 3.37. The molecule has 1 aromatic carbocycles. The summed E-state index contributed by atoms with van der Waals surface area (Å²) in [6.45, 7) is 4.52. The Morgan fingerprint density at radius 1 is 1.30 bits per heavy atom. The summed E-state index contributed by atoms with van der Waals surface area (Å²) in [4.78, 5) is 14.2. The van der Waals surface area contributed by atoms with E-state index in [2.05, 4.69) is 4.90 Å². The van der Waals surface area contributed by atoms with Crippen molar-refractivity contribution in [2.75, 3.05) is 40.5 Å². The second-order valence-electron chi connectivity index (χ2n) is 4.69. The Kier molecular flexibility index (Phi) is 6.64. The van der Waals surface area contributed by atoms with Crippen molar-refractivity contribution in [2.45, 2.75) is 12.5 Å². The number of carbonyl (C=O) groups excluding carboxylic acids is 1. The van der Waals surface area contributed by atoms with E-state index in [1.165, 1.54) is 7.11 Å². The third-order valence-electron chi connectivity index (χ3n) is 3.37. The van der Waals surface area contributed by atoms with Gasteiger partial charge in [-0.3, -0.25) is 4.90 Å². The number of nitrogens with two attached hydrogens (primary N) is 1. The molecule has 1 atom stereocenters. The highest BCUT2D eigenvalue weighted by Crippen LogP contribution is 2.21. The quantitative estimate of drug-likeness (QED) is 0.719. The average molecular weight is 280 g/mol. The lowest BCUT2D eigenvalue weighted by Gasteiger charge is -2.33. The van der Waals surface area contributed by atoms with E-state index < -0.39 is 11.5 Å². The van der Waals surface area contributed by atoms with Crippen molar-refractivity contribution in [3.05, 3.63) is 35.9 Å². The topological polar surface area (TPSA) is 64.8 Å². The maximum Gasteiger partial charge on any atom is 0.331 e. The molecule has 0 bridgehead atoms. The van der Waals surface area contributed by atoms with Crippen molar-refractivity contribution in [3.8, 4) is 0 Å². The van der Waals surface area contributed by atoms with E-state index in [1.54, 1.807) is 7.11 Å². The smallest absolute Gasteiger partial charge is 0.331 e. The van der Waals surface area contributed by atoms with E-state index in [9.17, 15) is 4.79 Å². The van der Waals surface area contributed by atoms with Gasteiger partial charge in [0.25, 0.3) is 0 Å². The monoisotopic (exact) mass is 280 g/mol. The molecule has 0 aromatic heterocycles. The molecule has 0 amide bonds. The van der Waals surface area contributed by atoms with E-state index in [4.69, 9.17) is 15.2 Å². The second-order valence-corrected chi connectivity index (χ2v) is 4.69. The van der Waals surface area contributed by atoms with Crippen molar-refractivity contribution in [1.29, 1.82) is 0 Å². The van der Waals surface area contributed by atoms with Gasteiger partial charge in [0.15, 0.2) is 5.54 Å². The van der Waals surface area contributed by atoms with Gasteiger partial charge in [-0.25, -0.2) is 4.79 Å². The molecule has 5 heteroatoms. The standard InChI is InChI=1S/C15H24N2O3/c1-4-17(10-11-19-2)12-15(16,14(18)20-3)13-8-6-5-7-9-13/h5-9H,4,10-12,16H2,1-3H3. The number of nitrogens with zero attached hydrogens (tertiary/aromatic N) is 1. The summed E-state index contributed by atoms with van der Waals surface area (Å²) in [6.07, 6.45) is 0. The highest BCUT2D eigenvalue weighted by Gasteiger charge is 2.38. The van der Waals surface area contributed by atoms with Crippen molar-refractivity contribution < 1.29 is 14.3 Å². The van der Waals surface area contributed by atoms with Crippen molar-refractivity contribution >= 4 is 5.97 Å². The molecule has 0 spiro atoms. The molecule has 5 nitrogen and oxygen atoms in total. The summed E-state index contributed by atoms with van der Waals surface area (Å²) in [6, 6.07) is 9.32. The number of ether oxygens (including phenoxy) is 2. The molecule has 0 saturated heterocycles. The fourth-order valence-electron chi connectivity index (χ4n) is 2.11. The number of likely N-dealkylation sites (N-methyl/N-ethyl adjacent to an activating group) is 1. The van der Waals surface area contributed by atoms with Crippen LogP contribution in [0.15, 0.2) is 30.3 Å². The first-order chi connectivity index (χ1) is 9.58. The van der Waals surface area contributed by atoms with Crippen LogP contribution in [0.4, 0.5) is 0 Å². The van der Waals surface area contributed by atoms with Gasteiger partial charge in [0.1, 0.15) is 0 Å². The second kappa shape index (κ2) is 7.99. The number of methoxy groups -OCH3 is 2. The normalized spacial score (nSPS) is 14.1. The maximum atomic E-state index is 12.2. The molecular formula is C15H24N2O3. The molecule has 0 heterocycles. The van der Waals surface area contributed by atoms with Crippen LogP contribution in [-0.2, 0) is 19.8 Å². The molecule has 2 N–H and O–H groups in total. The number of carbonyl (C=O) groups is 1. The zero-order chi connectivity index (χ0) is 15.0. The minimum absolute atomic E-state index is 0.392. The van der Waals surface area contributed by atoms with E-state index in [1.807, 2.05) is 37.3 Å². The highest BCUT2D eigenvalue weighted by atomic mass is 16.5. The van der Waals surface area contributed by atoms with Gasteiger partial charge < -0.3 is 15.2 Å². The zero-order valence-corrected chi connectivity index (χ0v) is 12.5. The number of benzene rings is 1. The predicted molar refractivity (Wildman–Crippen MR) is 78.3 cm³/mol. The molecule has 1 aromatic rings. The van der Waals surface area contributed by atoms with Crippen LogP contribution in [-0.4, -0.2) is 51.3 Å². The molecule has 20 heavy (non-hydrogen) atoms. The largest absolute Gasteiger partial charge is 0.467 e. The van der Waals surface area contributed by atoms with Crippen LogP contribution in [0.3, 0.4) is 0 Å². The van der Waals surface area contributed by atoms with Crippen molar-refractivity contribution in [3.63, 3.8) is 0 Å². The van der Waals surface area contributed by atoms with Gasteiger partial charge >= 0.3 is 5.97 Å². The average Bonchev–Trinajstić information content (AvgIpc) is 2.51. The molecule has 1 unspecified atom stereocenters. The van der Waals surface area contributed by atoms with Crippen LogP contribution in [0.2, 0.25) is 0 Å². The van der Waals surface area contributed by atoms with Gasteiger partial charge in [0, 0.05) is 20.2 Å². The number of esters is 1. The number of hydrogen-bond donors (Lipinski definition) is 1. The maximum absolute atomic E-state index is 12.2. The van der Waals surface area contributed by atoms with Gasteiger partial charge in [-0.05, 0) is 12.1 Å². The van der Waals surface area contributed by atoms with E-state index in [-0.39, 0.29) is 0 Å². The molecule has 0 aliphatic heterocycles. The van der Waals surface area contributed by atoms with E-state index in [0.29, 0.717) is 13.2 Å². The molecule has 0 saturated carbocycles. The Morgan fingerprint density at radius 2 is 1.95 bits per heavy atom. The summed E-state index contributed by atoms with van der Waals surface area (Å²) in [7, 11) is 3.01. The zero-order valence-electron chi connectivity index (χ0n) is 12.5. The third kappa shape index (κ3) is 4.03. The first kappa shape index (κ1) is 16.6. The SMILES string of the molecule is CCN(CCOC)CC(N)(C(=O)OC)c1ccccc1. The summed E-state index contributed by atoms with van der Waals surface area (Å²) in [5.74, 6) is -0.431. The fourth-order valence-corrected chi connectivity index (χ4v) is 2.11. The van der Waals surface area contributed by atoms with Gasteiger partial charge in [-0.1, -0.05) is 37.3 Å². The first-order valence-electron chi connectivity index (χ1n) is 6.72. The summed E-state index contributed by atoms with van der Waals surface area (Å²) in [5.41, 5.74) is 5.95. The fraction of sp³-hybridized carbons (Fsp3) is 0.533. The van der Waals surface area contributed by atoms with E-state index >= 15 is 0 Å². The number of hydrogen-bond acceptors (Lipinski definition) is 5. The highest BCUT2D eigenvalue weighted by molar-refractivity contribution is 5.82. The van der Waals surface area contributed by atoms with Crippen LogP contribution in [0.5, 0.6) is 0 Å². The molecular weight excluding hydrogens is 256 g/mol. The minimum Gasteiger partial charge on any atom is -0.467 e. The molecule has 0 aliphatic carbocycles.